The van der Waals surface area contributed by atoms with Gasteiger partial charge in [0, 0.05) is 6.42 Å². The quantitative estimate of drug-likeness (QED) is 0.582. The zero-order valence-electron chi connectivity index (χ0n) is 11.6. The van der Waals surface area contributed by atoms with Gasteiger partial charge in [-0.25, -0.2) is 0 Å². The maximum Gasteiger partial charge on any atom is 0.306 e. The fourth-order valence-corrected chi connectivity index (χ4v) is 1.61. The molecular formula is C14H28O2. The van der Waals surface area contributed by atoms with Crippen LogP contribution in [0.5, 0.6) is 0 Å². The molecule has 0 heterocycles. The van der Waals surface area contributed by atoms with Gasteiger partial charge in [0.1, 0.15) is 6.10 Å². The van der Waals surface area contributed by atoms with E-state index in [1.54, 1.807) is 0 Å². The zero-order valence-corrected chi connectivity index (χ0v) is 11.6. The second-order valence-electron chi connectivity index (χ2n) is 5.11. The van der Waals surface area contributed by atoms with Crippen LogP contribution in [0.1, 0.15) is 66.7 Å². The second-order valence-corrected chi connectivity index (χ2v) is 5.11. The Balaban J connectivity index is 4.02. The summed E-state index contributed by atoms with van der Waals surface area (Å²) in [6, 6.07) is 0. The maximum atomic E-state index is 11.4. The third kappa shape index (κ3) is 6.86. The third-order valence-corrected chi connectivity index (χ3v) is 3.12. The van der Waals surface area contributed by atoms with Gasteiger partial charge in [-0.05, 0) is 31.1 Å². The second kappa shape index (κ2) is 8.60. The molecule has 2 atom stereocenters. The van der Waals surface area contributed by atoms with Crippen LogP contribution >= 0.6 is 0 Å². The van der Waals surface area contributed by atoms with Crippen LogP contribution < -0.4 is 0 Å². The molecule has 0 aliphatic carbocycles. The van der Waals surface area contributed by atoms with Crippen molar-refractivity contribution in [3.05, 3.63) is 0 Å². The number of hydrogen-bond acceptors (Lipinski definition) is 2. The molecule has 2 nitrogen and oxygen atoms in total. The first-order valence-electron chi connectivity index (χ1n) is 6.70. The Morgan fingerprint density at radius 3 is 2.19 bits per heavy atom. The Morgan fingerprint density at radius 1 is 1.12 bits per heavy atom. The van der Waals surface area contributed by atoms with Crippen LogP contribution in [0.4, 0.5) is 0 Å². The number of ether oxygens (including phenoxy) is 1. The van der Waals surface area contributed by atoms with Crippen LogP contribution in [0.3, 0.4) is 0 Å². The van der Waals surface area contributed by atoms with E-state index in [2.05, 4.69) is 27.7 Å². The SMILES string of the molecule is CCCC(=O)OC(CCC(C)CC)C(C)C. The highest BCUT2D eigenvalue weighted by Crippen LogP contribution is 2.19. The van der Waals surface area contributed by atoms with E-state index in [0.717, 1.165) is 25.2 Å². The topological polar surface area (TPSA) is 26.3 Å². The van der Waals surface area contributed by atoms with Gasteiger partial charge in [0.15, 0.2) is 0 Å². The van der Waals surface area contributed by atoms with Crippen LogP contribution in [0.25, 0.3) is 0 Å². The van der Waals surface area contributed by atoms with Crippen LogP contribution in [-0.4, -0.2) is 12.1 Å². The normalized spacial score (nSPS) is 14.9. The Kier molecular flexibility index (Phi) is 8.32. The minimum atomic E-state index is -0.0367. The van der Waals surface area contributed by atoms with Gasteiger partial charge in [-0.15, -0.1) is 0 Å². The molecular weight excluding hydrogens is 200 g/mol. The summed E-state index contributed by atoms with van der Waals surface area (Å²) >= 11 is 0. The first kappa shape index (κ1) is 15.5. The summed E-state index contributed by atoms with van der Waals surface area (Å²) in [5.74, 6) is 1.11. The summed E-state index contributed by atoms with van der Waals surface area (Å²) in [5, 5.41) is 0. The van der Waals surface area contributed by atoms with Crippen molar-refractivity contribution in [3.8, 4) is 0 Å². The summed E-state index contributed by atoms with van der Waals surface area (Å²) < 4.78 is 5.51. The van der Waals surface area contributed by atoms with Gasteiger partial charge in [0.05, 0.1) is 0 Å². The van der Waals surface area contributed by atoms with Gasteiger partial charge in [0.2, 0.25) is 0 Å². The van der Waals surface area contributed by atoms with Gasteiger partial charge in [0.25, 0.3) is 0 Å². The Bertz CT molecular complexity index is 187. The fourth-order valence-electron chi connectivity index (χ4n) is 1.61. The molecule has 2 unspecified atom stereocenters. The van der Waals surface area contributed by atoms with E-state index in [-0.39, 0.29) is 12.1 Å². The van der Waals surface area contributed by atoms with E-state index in [1.165, 1.54) is 6.42 Å². The van der Waals surface area contributed by atoms with E-state index in [0.29, 0.717) is 12.3 Å². The average Bonchev–Trinajstić information content (AvgIpc) is 2.23. The maximum absolute atomic E-state index is 11.4. The first-order chi connectivity index (χ1) is 7.51. The van der Waals surface area contributed by atoms with Gasteiger partial charge in [-0.2, -0.15) is 0 Å². The lowest BCUT2D eigenvalue weighted by Crippen LogP contribution is -2.24. The molecule has 0 spiro atoms. The van der Waals surface area contributed by atoms with Crippen molar-refractivity contribution in [2.75, 3.05) is 0 Å². The van der Waals surface area contributed by atoms with Crippen LogP contribution in [-0.2, 0) is 9.53 Å². The summed E-state index contributed by atoms with van der Waals surface area (Å²) in [7, 11) is 0. The Labute approximate surface area is 101 Å². The smallest absolute Gasteiger partial charge is 0.306 e. The van der Waals surface area contributed by atoms with E-state index in [1.807, 2.05) is 6.92 Å². The molecule has 0 aromatic carbocycles. The lowest BCUT2D eigenvalue weighted by molar-refractivity contribution is -0.151. The minimum Gasteiger partial charge on any atom is -0.462 e. The molecule has 0 bridgehead atoms. The largest absolute Gasteiger partial charge is 0.462 e. The van der Waals surface area contributed by atoms with Gasteiger partial charge in [-0.3, -0.25) is 4.79 Å². The molecule has 96 valence electrons. The summed E-state index contributed by atoms with van der Waals surface area (Å²) in [4.78, 5) is 11.4. The average molecular weight is 228 g/mol. The fraction of sp³-hybridized carbons (Fsp3) is 0.929. The number of carbonyl (C=O) groups is 1. The van der Waals surface area contributed by atoms with Crippen LogP contribution in [0.2, 0.25) is 0 Å². The predicted octanol–water partition coefficient (Wildman–Crippen LogP) is 4.18. The van der Waals surface area contributed by atoms with E-state index >= 15 is 0 Å². The molecule has 0 saturated heterocycles. The number of hydrogen-bond donors (Lipinski definition) is 0. The minimum absolute atomic E-state index is 0.0367. The molecule has 0 saturated carbocycles. The number of rotatable bonds is 8. The van der Waals surface area contributed by atoms with Crippen molar-refractivity contribution < 1.29 is 9.53 Å². The van der Waals surface area contributed by atoms with Crippen molar-refractivity contribution in [1.82, 2.24) is 0 Å². The highest BCUT2D eigenvalue weighted by atomic mass is 16.5. The van der Waals surface area contributed by atoms with Gasteiger partial charge >= 0.3 is 5.97 Å². The van der Waals surface area contributed by atoms with Crippen LogP contribution in [0.15, 0.2) is 0 Å². The van der Waals surface area contributed by atoms with E-state index in [4.69, 9.17) is 4.74 Å². The standard InChI is InChI=1S/C14H28O2/c1-6-8-14(15)16-13(11(3)4)10-9-12(5)7-2/h11-13H,6-10H2,1-5H3. The molecule has 2 heteroatoms. The Morgan fingerprint density at radius 2 is 1.75 bits per heavy atom. The number of esters is 1. The monoisotopic (exact) mass is 228 g/mol. The first-order valence-corrected chi connectivity index (χ1v) is 6.70. The van der Waals surface area contributed by atoms with Crippen molar-refractivity contribution in [1.29, 1.82) is 0 Å². The van der Waals surface area contributed by atoms with E-state index in [9.17, 15) is 4.79 Å². The molecule has 0 aliphatic rings. The predicted molar refractivity (Wildman–Crippen MR) is 68.3 cm³/mol. The Hall–Kier alpha value is -0.530. The summed E-state index contributed by atoms with van der Waals surface area (Å²) in [5.41, 5.74) is 0. The molecule has 0 N–H and O–H groups in total. The molecule has 0 rings (SSSR count). The van der Waals surface area contributed by atoms with Crippen LogP contribution in [0, 0.1) is 11.8 Å². The molecule has 0 aliphatic heterocycles. The van der Waals surface area contributed by atoms with Gasteiger partial charge in [-0.1, -0.05) is 41.0 Å². The number of carbonyl (C=O) groups excluding carboxylic acids is 1. The molecule has 0 radical (unpaired) electrons. The van der Waals surface area contributed by atoms with Crippen molar-refractivity contribution in [2.24, 2.45) is 11.8 Å². The van der Waals surface area contributed by atoms with Crippen molar-refractivity contribution >= 4 is 5.97 Å². The molecule has 16 heavy (non-hydrogen) atoms. The lowest BCUT2D eigenvalue weighted by atomic mass is 9.95. The van der Waals surface area contributed by atoms with Crippen molar-refractivity contribution in [3.63, 3.8) is 0 Å². The summed E-state index contributed by atoms with van der Waals surface area (Å²) in [6.45, 7) is 10.7. The molecule has 0 amide bonds. The lowest BCUT2D eigenvalue weighted by Gasteiger charge is -2.22. The third-order valence-electron chi connectivity index (χ3n) is 3.12. The highest BCUT2D eigenvalue weighted by Gasteiger charge is 2.18. The molecule has 0 aromatic heterocycles. The van der Waals surface area contributed by atoms with Crippen molar-refractivity contribution in [2.45, 2.75) is 72.8 Å². The zero-order chi connectivity index (χ0) is 12.6. The molecule has 0 aromatic rings. The van der Waals surface area contributed by atoms with Gasteiger partial charge < -0.3 is 4.74 Å². The summed E-state index contributed by atoms with van der Waals surface area (Å²) in [6.07, 6.45) is 4.88. The molecule has 0 fully saturated rings. The highest BCUT2D eigenvalue weighted by molar-refractivity contribution is 5.69. The van der Waals surface area contributed by atoms with E-state index < -0.39 is 0 Å².